The Morgan fingerprint density at radius 2 is 2.11 bits per heavy atom. The molecule has 5 nitrogen and oxygen atoms in total. The summed E-state index contributed by atoms with van der Waals surface area (Å²) in [5.41, 5.74) is 5.43. The maximum atomic E-state index is 11.7. The molecule has 0 radical (unpaired) electrons. The lowest BCUT2D eigenvalue weighted by molar-refractivity contribution is -0.124. The van der Waals surface area contributed by atoms with E-state index in [4.69, 9.17) is 5.73 Å². The van der Waals surface area contributed by atoms with Gasteiger partial charge in [0.2, 0.25) is 11.8 Å². The van der Waals surface area contributed by atoms with E-state index in [1.165, 1.54) is 0 Å². The summed E-state index contributed by atoms with van der Waals surface area (Å²) >= 11 is 1.67. The number of thioether (sulfide) groups is 1. The number of nitrogens with one attached hydrogen (secondary N) is 2. The Hall–Kier alpha value is -0.750. The van der Waals surface area contributed by atoms with Crippen LogP contribution in [0.3, 0.4) is 0 Å². The second-order valence-corrected chi connectivity index (χ2v) is 6.90. The molecule has 6 heteroatoms. The van der Waals surface area contributed by atoms with Crippen molar-refractivity contribution in [2.75, 3.05) is 12.3 Å². The summed E-state index contributed by atoms with van der Waals surface area (Å²) in [5.74, 6) is 0.799. The van der Waals surface area contributed by atoms with Crippen LogP contribution >= 0.6 is 11.8 Å². The Labute approximate surface area is 113 Å². The van der Waals surface area contributed by atoms with Gasteiger partial charge >= 0.3 is 0 Å². The van der Waals surface area contributed by atoms with E-state index in [0.29, 0.717) is 0 Å². The predicted octanol–water partition coefficient (Wildman–Crippen LogP) is 0.240. The average Bonchev–Trinajstić information content (AvgIpc) is 2.76. The highest BCUT2D eigenvalue weighted by Crippen LogP contribution is 2.25. The number of amides is 2. The molecule has 1 fully saturated rings. The normalized spacial score (nSPS) is 21.4. The molecular weight excluding hydrogens is 250 g/mol. The summed E-state index contributed by atoms with van der Waals surface area (Å²) in [6.45, 7) is 5.87. The van der Waals surface area contributed by atoms with Gasteiger partial charge in [-0.2, -0.15) is 0 Å². The monoisotopic (exact) mass is 273 g/mol. The Morgan fingerprint density at radius 3 is 2.61 bits per heavy atom. The molecule has 1 heterocycles. The van der Waals surface area contributed by atoms with Gasteiger partial charge in [0, 0.05) is 12.1 Å². The first-order chi connectivity index (χ1) is 8.29. The maximum absolute atomic E-state index is 11.7. The highest BCUT2D eigenvalue weighted by molar-refractivity contribution is 8.00. The van der Waals surface area contributed by atoms with Crippen molar-refractivity contribution in [2.24, 2.45) is 5.73 Å². The van der Waals surface area contributed by atoms with Gasteiger partial charge in [-0.3, -0.25) is 9.59 Å². The molecule has 0 bridgehead atoms. The second-order valence-electron chi connectivity index (χ2n) is 5.59. The molecule has 4 N–H and O–H groups in total. The van der Waals surface area contributed by atoms with Gasteiger partial charge in [0.1, 0.15) is 6.04 Å². The molecule has 0 saturated carbocycles. The molecule has 2 atom stereocenters. The molecule has 1 aliphatic rings. The summed E-state index contributed by atoms with van der Waals surface area (Å²) in [4.78, 5) is 23.4. The van der Waals surface area contributed by atoms with Crippen molar-refractivity contribution < 1.29 is 9.59 Å². The predicted molar refractivity (Wildman–Crippen MR) is 74.4 cm³/mol. The maximum Gasteiger partial charge on any atom is 0.239 e. The highest BCUT2D eigenvalue weighted by Gasteiger charge is 2.25. The van der Waals surface area contributed by atoms with Crippen molar-refractivity contribution in [1.82, 2.24) is 10.6 Å². The van der Waals surface area contributed by atoms with Gasteiger partial charge in [0.25, 0.3) is 0 Å². The number of rotatable bonds is 4. The van der Waals surface area contributed by atoms with Crippen LogP contribution < -0.4 is 16.4 Å². The largest absolute Gasteiger partial charge is 0.353 e. The molecule has 0 aromatic heterocycles. The lowest BCUT2D eigenvalue weighted by atomic mass is 10.1. The molecule has 1 saturated heterocycles. The number of hydrogen-bond donors (Lipinski definition) is 3. The van der Waals surface area contributed by atoms with Crippen LogP contribution in [0.1, 0.15) is 33.6 Å². The number of carbonyl (C=O) groups excluding carboxylic acids is 2. The molecule has 104 valence electrons. The van der Waals surface area contributed by atoms with Crippen molar-refractivity contribution in [3.05, 3.63) is 0 Å². The minimum atomic E-state index is -0.695. The average molecular weight is 273 g/mol. The van der Waals surface area contributed by atoms with Crippen molar-refractivity contribution in [3.8, 4) is 0 Å². The van der Waals surface area contributed by atoms with E-state index in [1.807, 2.05) is 20.8 Å². The van der Waals surface area contributed by atoms with E-state index < -0.39 is 6.04 Å². The van der Waals surface area contributed by atoms with Crippen LogP contribution in [-0.2, 0) is 9.59 Å². The standard InChI is InChI=1S/C12H23N3O2S/c1-12(2,3)15-10(16)8(13)7-14-11(17)9-5-4-6-18-9/h8-9H,4-7,13H2,1-3H3,(H,14,17)(H,15,16). The summed E-state index contributed by atoms with van der Waals surface area (Å²) in [5, 5.41) is 5.57. The van der Waals surface area contributed by atoms with E-state index in [1.54, 1.807) is 11.8 Å². The summed E-state index contributed by atoms with van der Waals surface area (Å²) < 4.78 is 0. The molecule has 0 aliphatic carbocycles. The van der Waals surface area contributed by atoms with Crippen molar-refractivity contribution in [3.63, 3.8) is 0 Å². The third kappa shape index (κ3) is 5.27. The summed E-state index contributed by atoms with van der Waals surface area (Å²) in [6.07, 6.45) is 2.00. The second kappa shape index (κ2) is 6.43. The molecule has 0 aromatic carbocycles. The van der Waals surface area contributed by atoms with Gasteiger partial charge in [0.15, 0.2) is 0 Å². The fourth-order valence-electron chi connectivity index (χ4n) is 1.66. The minimum Gasteiger partial charge on any atom is -0.353 e. The minimum absolute atomic E-state index is 0.00323. The molecule has 18 heavy (non-hydrogen) atoms. The SMILES string of the molecule is CC(C)(C)NC(=O)C(N)CNC(=O)C1CCCS1. The van der Waals surface area contributed by atoms with E-state index in [9.17, 15) is 9.59 Å². The van der Waals surface area contributed by atoms with Crippen LogP contribution in [0.2, 0.25) is 0 Å². The van der Waals surface area contributed by atoms with Crippen LogP contribution in [-0.4, -0.2) is 40.9 Å². The summed E-state index contributed by atoms with van der Waals surface area (Å²) in [6, 6.07) is -0.695. The van der Waals surface area contributed by atoms with Crippen LogP contribution in [0.5, 0.6) is 0 Å². The van der Waals surface area contributed by atoms with Gasteiger partial charge in [0.05, 0.1) is 5.25 Å². The molecule has 2 amide bonds. The van der Waals surface area contributed by atoms with Crippen molar-refractivity contribution >= 4 is 23.6 Å². The van der Waals surface area contributed by atoms with E-state index in [2.05, 4.69) is 10.6 Å². The molecular formula is C12H23N3O2S. The summed E-state index contributed by atoms with van der Waals surface area (Å²) in [7, 11) is 0. The van der Waals surface area contributed by atoms with Gasteiger partial charge < -0.3 is 16.4 Å². The van der Waals surface area contributed by atoms with Gasteiger partial charge in [-0.05, 0) is 39.4 Å². The number of nitrogens with two attached hydrogens (primary N) is 1. The van der Waals surface area contributed by atoms with Crippen LogP contribution in [0.25, 0.3) is 0 Å². The highest BCUT2D eigenvalue weighted by atomic mass is 32.2. The Bertz CT molecular complexity index is 309. The van der Waals surface area contributed by atoms with Gasteiger partial charge in [-0.1, -0.05) is 0 Å². The van der Waals surface area contributed by atoms with Crippen molar-refractivity contribution in [2.45, 2.75) is 50.4 Å². The Balaban J connectivity index is 2.29. The van der Waals surface area contributed by atoms with E-state index in [-0.39, 0.29) is 29.1 Å². The first kappa shape index (κ1) is 15.3. The van der Waals surface area contributed by atoms with Gasteiger partial charge in [-0.25, -0.2) is 0 Å². The van der Waals surface area contributed by atoms with Crippen LogP contribution in [0.15, 0.2) is 0 Å². The van der Waals surface area contributed by atoms with E-state index in [0.717, 1.165) is 18.6 Å². The quantitative estimate of drug-likeness (QED) is 0.685. The first-order valence-corrected chi connectivity index (χ1v) is 7.31. The van der Waals surface area contributed by atoms with Crippen LogP contribution in [0.4, 0.5) is 0 Å². The fourth-order valence-corrected chi connectivity index (χ4v) is 2.85. The van der Waals surface area contributed by atoms with Crippen molar-refractivity contribution in [1.29, 1.82) is 0 Å². The molecule has 0 aromatic rings. The smallest absolute Gasteiger partial charge is 0.239 e. The number of carbonyl (C=O) groups is 2. The zero-order valence-corrected chi connectivity index (χ0v) is 12.1. The lowest BCUT2D eigenvalue weighted by Crippen LogP contribution is -2.53. The lowest BCUT2D eigenvalue weighted by Gasteiger charge is -2.23. The van der Waals surface area contributed by atoms with E-state index >= 15 is 0 Å². The third-order valence-corrected chi connectivity index (χ3v) is 3.93. The van der Waals surface area contributed by atoms with Crippen LogP contribution in [0, 0.1) is 0 Å². The third-order valence-electron chi connectivity index (χ3n) is 2.55. The molecule has 2 unspecified atom stereocenters. The zero-order chi connectivity index (χ0) is 13.8. The first-order valence-electron chi connectivity index (χ1n) is 6.26. The molecule has 1 rings (SSSR count). The Morgan fingerprint density at radius 1 is 1.44 bits per heavy atom. The fraction of sp³-hybridized carbons (Fsp3) is 0.833. The zero-order valence-electron chi connectivity index (χ0n) is 11.3. The molecule has 0 spiro atoms. The molecule has 1 aliphatic heterocycles. The Kier molecular flexibility index (Phi) is 5.47. The number of hydrogen-bond acceptors (Lipinski definition) is 4. The topological polar surface area (TPSA) is 84.2 Å². The van der Waals surface area contributed by atoms with Gasteiger partial charge in [-0.15, -0.1) is 11.8 Å².